The van der Waals surface area contributed by atoms with Crippen LogP contribution in [0.3, 0.4) is 0 Å². The van der Waals surface area contributed by atoms with Gasteiger partial charge in [0.15, 0.2) is 5.78 Å². The summed E-state index contributed by atoms with van der Waals surface area (Å²) in [5, 5.41) is 0. The Labute approximate surface area is 147 Å². The molecule has 3 aromatic rings. The van der Waals surface area contributed by atoms with E-state index >= 15 is 0 Å². The van der Waals surface area contributed by atoms with E-state index in [4.69, 9.17) is 9.15 Å². The lowest BCUT2D eigenvalue weighted by Gasteiger charge is -2.10. The lowest BCUT2D eigenvalue weighted by atomic mass is 9.97. The average molecular weight is 332 g/mol. The van der Waals surface area contributed by atoms with Crippen molar-refractivity contribution in [2.45, 2.75) is 32.8 Å². The second-order valence-electron chi connectivity index (χ2n) is 6.48. The summed E-state index contributed by atoms with van der Waals surface area (Å²) in [6.07, 6.45) is 2.35. The van der Waals surface area contributed by atoms with Crippen LogP contribution in [-0.4, -0.2) is 5.78 Å². The van der Waals surface area contributed by atoms with Gasteiger partial charge in [0.05, 0.1) is 5.56 Å². The monoisotopic (exact) mass is 332 g/mol. The Hall–Kier alpha value is -2.81. The van der Waals surface area contributed by atoms with Gasteiger partial charge in [-0.1, -0.05) is 30.3 Å². The molecule has 1 aromatic heterocycles. The van der Waals surface area contributed by atoms with Crippen molar-refractivity contribution >= 4 is 5.78 Å². The average Bonchev–Trinajstić information content (AvgIpc) is 3.07. The highest BCUT2D eigenvalue weighted by atomic mass is 16.5. The number of ether oxygens (including phenoxy) is 1. The van der Waals surface area contributed by atoms with E-state index in [-0.39, 0.29) is 5.78 Å². The molecule has 0 amide bonds. The van der Waals surface area contributed by atoms with Gasteiger partial charge in [-0.15, -0.1) is 0 Å². The summed E-state index contributed by atoms with van der Waals surface area (Å²) in [7, 11) is 0. The fourth-order valence-corrected chi connectivity index (χ4v) is 3.24. The van der Waals surface area contributed by atoms with Crippen molar-refractivity contribution in [2.75, 3.05) is 0 Å². The van der Waals surface area contributed by atoms with Crippen LogP contribution in [0.1, 0.15) is 40.1 Å². The number of hydrogen-bond donors (Lipinski definition) is 0. The van der Waals surface area contributed by atoms with E-state index in [0.717, 1.165) is 52.4 Å². The Bertz CT molecular complexity index is 906. The summed E-state index contributed by atoms with van der Waals surface area (Å²) in [6.45, 7) is 2.57. The number of hydrogen-bond acceptors (Lipinski definition) is 3. The molecule has 126 valence electrons. The number of fused-ring (bicyclic) bond motifs is 1. The number of aryl methyl sites for hydroxylation is 2. The first-order valence-corrected chi connectivity index (χ1v) is 8.64. The molecule has 0 atom stereocenters. The van der Waals surface area contributed by atoms with Crippen LogP contribution in [-0.2, 0) is 13.0 Å². The maximum absolute atomic E-state index is 12.0. The molecule has 2 aromatic carbocycles. The number of benzene rings is 2. The third-order valence-corrected chi connectivity index (χ3v) is 4.61. The maximum atomic E-state index is 12.0. The van der Waals surface area contributed by atoms with Gasteiger partial charge in [-0.3, -0.25) is 4.79 Å². The zero-order valence-corrected chi connectivity index (χ0v) is 14.2. The van der Waals surface area contributed by atoms with Crippen LogP contribution in [0.4, 0.5) is 0 Å². The first-order valence-electron chi connectivity index (χ1n) is 8.64. The quantitative estimate of drug-likeness (QED) is 0.646. The van der Waals surface area contributed by atoms with Crippen LogP contribution in [0.15, 0.2) is 59.0 Å². The Morgan fingerprint density at radius 1 is 1.04 bits per heavy atom. The van der Waals surface area contributed by atoms with Gasteiger partial charge < -0.3 is 9.15 Å². The van der Waals surface area contributed by atoms with Crippen molar-refractivity contribution in [1.82, 2.24) is 0 Å². The zero-order chi connectivity index (χ0) is 17.2. The van der Waals surface area contributed by atoms with E-state index in [9.17, 15) is 4.79 Å². The standard InChI is InChI=1S/C22H20O3/c1-15-12-17(22-13-18-19(23)8-5-9-21(18)25-22)10-11-20(15)24-14-16-6-3-2-4-7-16/h2-4,6-7,10-13H,5,8-9,14H2,1H3. The highest BCUT2D eigenvalue weighted by molar-refractivity contribution is 5.98. The summed E-state index contributed by atoms with van der Waals surface area (Å²) in [5.74, 6) is 2.64. The van der Waals surface area contributed by atoms with Crippen LogP contribution < -0.4 is 4.74 Å². The highest BCUT2D eigenvalue weighted by Gasteiger charge is 2.22. The molecule has 3 heteroatoms. The van der Waals surface area contributed by atoms with Crippen LogP contribution in [0.5, 0.6) is 5.75 Å². The van der Waals surface area contributed by atoms with Gasteiger partial charge in [0.1, 0.15) is 23.9 Å². The lowest BCUT2D eigenvalue weighted by Crippen LogP contribution is -2.07. The number of ketones is 1. The smallest absolute Gasteiger partial charge is 0.166 e. The first kappa shape index (κ1) is 15.7. The Kier molecular flexibility index (Phi) is 4.14. The van der Waals surface area contributed by atoms with E-state index in [2.05, 4.69) is 6.07 Å². The van der Waals surface area contributed by atoms with Gasteiger partial charge in [-0.05, 0) is 48.7 Å². The molecular formula is C22H20O3. The van der Waals surface area contributed by atoms with Gasteiger partial charge in [-0.25, -0.2) is 0 Å². The Morgan fingerprint density at radius 3 is 2.64 bits per heavy atom. The molecule has 0 bridgehead atoms. The van der Waals surface area contributed by atoms with Crippen molar-refractivity contribution in [3.8, 4) is 17.1 Å². The summed E-state index contributed by atoms with van der Waals surface area (Å²) in [4.78, 5) is 12.0. The molecule has 0 saturated heterocycles. The highest BCUT2D eigenvalue weighted by Crippen LogP contribution is 2.32. The minimum Gasteiger partial charge on any atom is -0.489 e. The van der Waals surface area contributed by atoms with E-state index in [1.807, 2.05) is 55.5 Å². The largest absolute Gasteiger partial charge is 0.489 e. The summed E-state index contributed by atoms with van der Waals surface area (Å²) >= 11 is 0. The van der Waals surface area contributed by atoms with Crippen molar-refractivity contribution in [2.24, 2.45) is 0 Å². The molecule has 1 aliphatic rings. The maximum Gasteiger partial charge on any atom is 0.166 e. The summed E-state index contributed by atoms with van der Waals surface area (Å²) in [6, 6.07) is 18.0. The van der Waals surface area contributed by atoms with Gasteiger partial charge in [-0.2, -0.15) is 0 Å². The van der Waals surface area contributed by atoms with Crippen LogP contribution in [0, 0.1) is 6.92 Å². The predicted molar refractivity (Wildman–Crippen MR) is 96.9 cm³/mol. The van der Waals surface area contributed by atoms with E-state index in [1.165, 1.54) is 0 Å². The zero-order valence-electron chi connectivity index (χ0n) is 14.2. The summed E-state index contributed by atoms with van der Waals surface area (Å²) < 4.78 is 11.9. The molecule has 1 aliphatic carbocycles. The molecule has 0 fully saturated rings. The SMILES string of the molecule is Cc1cc(-c2cc3c(o2)CCCC3=O)ccc1OCc1ccccc1. The minimum atomic E-state index is 0.191. The van der Waals surface area contributed by atoms with E-state index < -0.39 is 0 Å². The number of carbonyl (C=O) groups is 1. The normalized spacial score (nSPS) is 13.6. The van der Waals surface area contributed by atoms with Crippen molar-refractivity contribution in [3.63, 3.8) is 0 Å². The molecular weight excluding hydrogens is 312 g/mol. The third kappa shape index (κ3) is 3.22. The van der Waals surface area contributed by atoms with E-state index in [0.29, 0.717) is 13.0 Å². The lowest BCUT2D eigenvalue weighted by molar-refractivity contribution is 0.0969. The molecule has 3 nitrogen and oxygen atoms in total. The van der Waals surface area contributed by atoms with Crippen LogP contribution in [0.2, 0.25) is 0 Å². The van der Waals surface area contributed by atoms with Gasteiger partial charge in [0, 0.05) is 18.4 Å². The molecule has 4 rings (SSSR count). The molecule has 0 aliphatic heterocycles. The van der Waals surface area contributed by atoms with Gasteiger partial charge in [0.25, 0.3) is 0 Å². The second kappa shape index (κ2) is 6.60. The van der Waals surface area contributed by atoms with Crippen LogP contribution in [0.25, 0.3) is 11.3 Å². The Balaban J connectivity index is 1.55. The number of furan rings is 1. The fourth-order valence-electron chi connectivity index (χ4n) is 3.24. The minimum absolute atomic E-state index is 0.191. The fraction of sp³-hybridized carbons (Fsp3) is 0.227. The molecule has 0 N–H and O–H groups in total. The molecule has 0 spiro atoms. The molecule has 25 heavy (non-hydrogen) atoms. The predicted octanol–water partition coefficient (Wildman–Crippen LogP) is 5.35. The van der Waals surface area contributed by atoms with Crippen molar-refractivity contribution in [3.05, 3.63) is 77.0 Å². The van der Waals surface area contributed by atoms with E-state index in [1.54, 1.807) is 0 Å². The van der Waals surface area contributed by atoms with Gasteiger partial charge >= 0.3 is 0 Å². The second-order valence-corrected chi connectivity index (χ2v) is 6.48. The van der Waals surface area contributed by atoms with Gasteiger partial charge in [0.2, 0.25) is 0 Å². The number of carbonyl (C=O) groups excluding carboxylic acids is 1. The number of rotatable bonds is 4. The number of Topliss-reactive ketones (excluding diaryl/α,β-unsaturated/α-hetero) is 1. The Morgan fingerprint density at radius 2 is 1.88 bits per heavy atom. The van der Waals surface area contributed by atoms with Crippen LogP contribution >= 0.6 is 0 Å². The molecule has 0 saturated carbocycles. The molecule has 0 radical (unpaired) electrons. The first-order chi connectivity index (χ1) is 12.2. The summed E-state index contributed by atoms with van der Waals surface area (Å²) in [5.41, 5.74) is 3.92. The topological polar surface area (TPSA) is 39.4 Å². The molecule has 0 unspecified atom stereocenters. The third-order valence-electron chi connectivity index (χ3n) is 4.61. The van der Waals surface area contributed by atoms with Crippen molar-refractivity contribution in [1.29, 1.82) is 0 Å². The molecule has 1 heterocycles. The van der Waals surface area contributed by atoms with Crippen molar-refractivity contribution < 1.29 is 13.9 Å².